The van der Waals surface area contributed by atoms with Crippen LogP contribution in [0, 0.1) is 11.3 Å². The van der Waals surface area contributed by atoms with Crippen molar-refractivity contribution in [3.8, 4) is 11.8 Å². The summed E-state index contributed by atoms with van der Waals surface area (Å²) in [5.74, 6) is 0.586. The Labute approximate surface area is 126 Å². The van der Waals surface area contributed by atoms with E-state index in [9.17, 15) is 5.26 Å². The third kappa shape index (κ3) is 1.68. The fourth-order valence-corrected chi connectivity index (χ4v) is 2.94. The molecule has 3 N–H and O–H groups in total. The van der Waals surface area contributed by atoms with E-state index in [1.54, 1.807) is 12.4 Å². The van der Waals surface area contributed by atoms with Crippen LogP contribution in [0.1, 0.15) is 17.0 Å². The third-order valence-electron chi connectivity index (χ3n) is 3.93. The molecule has 0 amide bonds. The Morgan fingerprint density at radius 3 is 2.95 bits per heavy atom. The van der Waals surface area contributed by atoms with Crippen molar-refractivity contribution in [3.05, 3.63) is 71.5 Å². The molecular weight excluding hydrogens is 276 g/mol. The lowest BCUT2D eigenvalue weighted by molar-refractivity contribution is 0.398. The largest absolute Gasteiger partial charge is 0.439 e. The highest BCUT2D eigenvalue weighted by atomic mass is 16.5. The number of fused-ring (bicyclic) bond motifs is 3. The Balaban J connectivity index is 2.02. The van der Waals surface area contributed by atoms with E-state index < -0.39 is 0 Å². The summed E-state index contributed by atoms with van der Waals surface area (Å²) in [6.45, 7) is 0. The number of nitrogens with two attached hydrogens (primary N) is 1. The quantitative estimate of drug-likeness (QED) is 0.720. The molecule has 0 radical (unpaired) electrons. The molecule has 0 saturated carbocycles. The van der Waals surface area contributed by atoms with Crippen LogP contribution in [0.15, 0.2) is 60.4 Å². The summed E-state index contributed by atoms with van der Waals surface area (Å²) in [6, 6.07) is 11.9. The maximum Gasteiger partial charge on any atom is 0.205 e. The molecule has 4 rings (SSSR count). The molecule has 5 heteroatoms. The molecule has 3 heterocycles. The van der Waals surface area contributed by atoms with Gasteiger partial charge in [0.15, 0.2) is 0 Å². The zero-order valence-corrected chi connectivity index (χ0v) is 11.6. The number of hydrogen-bond donors (Lipinski definition) is 2. The number of nitrogens with zero attached hydrogens (tertiary/aromatic N) is 2. The molecule has 3 aromatic rings. The minimum absolute atomic E-state index is 0.151. The first kappa shape index (κ1) is 12.5. The molecule has 5 nitrogen and oxygen atoms in total. The number of rotatable bonds is 1. The average Bonchev–Trinajstić information content (AvgIpc) is 3.03. The van der Waals surface area contributed by atoms with E-state index in [4.69, 9.17) is 10.5 Å². The van der Waals surface area contributed by atoms with Gasteiger partial charge in [0.05, 0.1) is 5.92 Å². The Kier molecular flexibility index (Phi) is 2.63. The molecule has 1 aliphatic rings. The Hall–Kier alpha value is -3.26. The van der Waals surface area contributed by atoms with Gasteiger partial charge < -0.3 is 15.5 Å². The number of allylic oxidation sites excluding steroid dienone is 1. The van der Waals surface area contributed by atoms with Crippen molar-refractivity contribution in [2.45, 2.75) is 5.92 Å². The molecule has 22 heavy (non-hydrogen) atoms. The van der Waals surface area contributed by atoms with E-state index in [1.165, 1.54) is 0 Å². The summed E-state index contributed by atoms with van der Waals surface area (Å²) in [7, 11) is 0. The van der Waals surface area contributed by atoms with Crippen molar-refractivity contribution in [3.63, 3.8) is 0 Å². The van der Waals surface area contributed by atoms with Crippen LogP contribution in [0.3, 0.4) is 0 Å². The van der Waals surface area contributed by atoms with Gasteiger partial charge in [-0.1, -0.05) is 12.1 Å². The van der Waals surface area contributed by atoms with Gasteiger partial charge in [0.25, 0.3) is 0 Å². The Morgan fingerprint density at radius 2 is 2.18 bits per heavy atom. The van der Waals surface area contributed by atoms with Crippen LogP contribution in [0.4, 0.5) is 0 Å². The topological polar surface area (TPSA) is 87.7 Å². The second-order valence-corrected chi connectivity index (χ2v) is 5.13. The number of nitrogens with one attached hydrogen (secondary N) is 1. The minimum Gasteiger partial charge on any atom is -0.439 e. The van der Waals surface area contributed by atoms with Gasteiger partial charge in [0.2, 0.25) is 5.88 Å². The molecule has 0 saturated heterocycles. The number of hydrogen-bond acceptors (Lipinski definition) is 4. The first-order valence-corrected chi connectivity index (χ1v) is 6.87. The van der Waals surface area contributed by atoms with Gasteiger partial charge in [-0.15, -0.1) is 0 Å². The smallest absolute Gasteiger partial charge is 0.205 e. The SMILES string of the molecule is N#CC1=C(N)Oc2c(ccc3[nH]ccc23)[C@@H]1c1cccnc1. The average molecular weight is 288 g/mol. The molecule has 2 aromatic heterocycles. The van der Waals surface area contributed by atoms with E-state index >= 15 is 0 Å². The summed E-state index contributed by atoms with van der Waals surface area (Å²) < 4.78 is 5.75. The Bertz CT molecular complexity index is 934. The molecule has 0 bridgehead atoms. The number of aromatic nitrogens is 2. The minimum atomic E-state index is -0.262. The summed E-state index contributed by atoms with van der Waals surface area (Å²) in [6.07, 6.45) is 5.32. The first-order valence-electron chi connectivity index (χ1n) is 6.87. The lowest BCUT2D eigenvalue weighted by atomic mass is 9.84. The molecular formula is C17H12N4O. The maximum atomic E-state index is 9.50. The van der Waals surface area contributed by atoms with Gasteiger partial charge in [-0.05, 0) is 23.8 Å². The van der Waals surface area contributed by atoms with Gasteiger partial charge in [-0.3, -0.25) is 4.98 Å². The first-order chi connectivity index (χ1) is 10.8. The highest BCUT2D eigenvalue weighted by Gasteiger charge is 2.31. The standard InChI is InChI=1S/C17H12N4O/c18-8-13-15(10-2-1-6-20-9-10)12-3-4-14-11(5-7-21-14)16(12)22-17(13)19/h1-7,9,15,21H,19H2/t15-/m0/s1. The summed E-state index contributed by atoms with van der Waals surface area (Å²) in [5, 5.41) is 10.4. The summed E-state index contributed by atoms with van der Waals surface area (Å²) in [5.41, 5.74) is 9.22. The molecule has 0 aliphatic carbocycles. The van der Waals surface area contributed by atoms with Crippen LogP contribution in [0.25, 0.3) is 10.9 Å². The molecule has 1 aliphatic heterocycles. The maximum absolute atomic E-state index is 9.50. The van der Waals surface area contributed by atoms with Gasteiger partial charge >= 0.3 is 0 Å². The molecule has 0 spiro atoms. The van der Waals surface area contributed by atoms with E-state index in [2.05, 4.69) is 16.0 Å². The normalized spacial score (nSPS) is 17.0. The molecule has 1 aromatic carbocycles. The van der Waals surface area contributed by atoms with Crippen molar-refractivity contribution >= 4 is 10.9 Å². The predicted octanol–water partition coefficient (Wildman–Crippen LogP) is 2.78. The van der Waals surface area contributed by atoms with Crippen molar-refractivity contribution in [1.29, 1.82) is 5.26 Å². The van der Waals surface area contributed by atoms with Crippen molar-refractivity contribution in [2.75, 3.05) is 0 Å². The van der Waals surface area contributed by atoms with Crippen LogP contribution in [-0.4, -0.2) is 9.97 Å². The number of ether oxygens (including phenoxy) is 1. The van der Waals surface area contributed by atoms with E-state index in [-0.39, 0.29) is 11.8 Å². The number of pyridine rings is 1. The van der Waals surface area contributed by atoms with Gasteiger partial charge in [-0.25, -0.2) is 0 Å². The Morgan fingerprint density at radius 1 is 1.27 bits per heavy atom. The van der Waals surface area contributed by atoms with Crippen molar-refractivity contribution in [2.24, 2.45) is 5.73 Å². The van der Waals surface area contributed by atoms with Crippen LogP contribution >= 0.6 is 0 Å². The van der Waals surface area contributed by atoms with Crippen LogP contribution in [-0.2, 0) is 0 Å². The molecule has 0 fully saturated rings. The molecule has 0 unspecified atom stereocenters. The fourth-order valence-electron chi connectivity index (χ4n) is 2.94. The van der Waals surface area contributed by atoms with Crippen molar-refractivity contribution in [1.82, 2.24) is 9.97 Å². The highest BCUT2D eigenvalue weighted by molar-refractivity contribution is 5.88. The predicted molar refractivity (Wildman–Crippen MR) is 81.8 cm³/mol. The van der Waals surface area contributed by atoms with E-state index in [0.717, 1.165) is 22.0 Å². The zero-order valence-electron chi connectivity index (χ0n) is 11.6. The van der Waals surface area contributed by atoms with E-state index in [0.29, 0.717) is 11.3 Å². The van der Waals surface area contributed by atoms with E-state index in [1.807, 2.05) is 36.5 Å². The summed E-state index contributed by atoms with van der Waals surface area (Å²) in [4.78, 5) is 7.31. The van der Waals surface area contributed by atoms with Crippen LogP contribution in [0.5, 0.6) is 5.75 Å². The number of aromatic amines is 1. The zero-order chi connectivity index (χ0) is 15.1. The number of H-pyrrole nitrogens is 1. The van der Waals surface area contributed by atoms with Gasteiger partial charge in [0.1, 0.15) is 17.4 Å². The lowest BCUT2D eigenvalue weighted by Crippen LogP contribution is -2.21. The second-order valence-electron chi connectivity index (χ2n) is 5.13. The van der Waals surface area contributed by atoms with Crippen molar-refractivity contribution < 1.29 is 4.74 Å². The fraction of sp³-hybridized carbons (Fsp3) is 0.0588. The van der Waals surface area contributed by atoms with Gasteiger partial charge in [-0.2, -0.15) is 5.26 Å². The van der Waals surface area contributed by atoms with Crippen LogP contribution in [0.2, 0.25) is 0 Å². The van der Waals surface area contributed by atoms with Gasteiger partial charge in [0, 0.05) is 35.1 Å². The number of nitriles is 1. The summed E-state index contributed by atoms with van der Waals surface area (Å²) >= 11 is 0. The lowest BCUT2D eigenvalue weighted by Gasteiger charge is -2.26. The molecule has 106 valence electrons. The van der Waals surface area contributed by atoms with Crippen LogP contribution < -0.4 is 10.5 Å². The number of benzene rings is 1. The monoisotopic (exact) mass is 288 g/mol. The molecule has 1 atom stereocenters. The second kappa shape index (κ2) is 4.64. The highest BCUT2D eigenvalue weighted by Crippen LogP contribution is 2.44. The third-order valence-corrected chi connectivity index (χ3v) is 3.93.